The highest BCUT2D eigenvalue weighted by atomic mass is 15.0. The van der Waals surface area contributed by atoms with Gasteiger partial charge in [0.25, 0.3) is 0 Å². The summed E-state index contributed by atoms with van der Waals surface area (Å²) in [6.07, 6.45) is 11.1. The van der Waals surface area contributed by atoms with Crippen molar-refractivity contribution in [2.45, 2.75) is 54.4 Å². The van der Waals surface area contributed by atoms with Crippen LogP contribution in [0.15, 0.2) is 83.5 Å². The van der Waals surface area contributed by atoms with Gasteiger partial charge < -0.3 is 20.6 Å². The van der Waals surface area contributed by atoms with Crippen molar-refractivity contribution in [1.29, 1.82) is 0 Å². The van der Waals surface area contributed by atoms with Crippen LogP contribution in [0.2, 0.25) is 0 Å². The summed E-state index contributed by atoms with van der Waals surface area (Å²) in [4.78, 5) is 7.53. The second kappa shape index (κ2) is 9.55. The molecule has 42 heavy (non-hydrogen) atoms. The molecule has 0 radical (unpaired) electrons. The second-order valence-electron chi connectivity index (χ2n) is 13.7. The van der Waals surface area contributed by atoms with Gasteiger partial charge in [-0.15, -0.1) is 0 Å². The highest BCUT2D eigenvalue weighted by molar-refractivity contribution is 5.80. The van der Waals surface area contributed by atoms with Gasteiger partial charge in [-0.2, -0.15) is 0 Å². The van der Waals surface area contributed by atoms with E-state index in [1.165, 1.54) is 56.2 Å². The summed E-state index contributed by atoms with van der Waals surface area (Å²) < 4.78 is 0. The van der Waals surface area contributed by atoms with Gasteiger partial charge in [-0.05, 0) is 74.3 Å². The molecule has 4 aromatic rings. The number of aromatic amines is 2. The van der Waals surface area contributed by atoms with Gasteiger partial charge in [0.15, 0.2) is 0 Å². The Hall–Kier alpha value is -4.44. The van der Waals surface area contributed by atoms with Crippen LogP contribution in [-0.4, -0.2) is 9.97 Å². The summed E-state index contributed by atoms with van der Waals surface area (Å²) in [6.45, 7) is 13.6. The zero-order chi connectivity index (χ0) is 29.2. The minimum atomic E-state index is -0.0179. The molecule has 8 bridgehead atoms. The number of benzene rings is 2. The molecule has 0 aliphatic carbocycles. The van der Waals surface area contributed by atoms with Crippen LogP contribution in [0.5, 0.6) is 0 Å². The highest BCUT2D eigenvalue weighted by Crippen LogP contribution is 2.43. The lowest BCUT2D eigenvalue weighted by atomic mass is 9.87. The topological polar surface area (TPSA) is 55.6 Å². The van der Waals surface area contributed by atoms with Gasteiger partial charge in [-0.25, -0.2) is 0 Å². The van der Waals surface area contributed by atoms with E-state index in [2.05, 4.69) is 147 Å². The van der Waals surface area contributed by atoms with Gasteiger partial charge in [0.05, 0.1) is 0 Å². The van der Waals surface area contributed by atoms with Crippen LogP contribution in [0.25, 0.3) is 46.6 Å². The lowest BCUT2D eigenvalue weighted by Gasteiger charge is -2.18. The van der Waals surface area contributed by atoms with Gasteiger partial charge >= 0.3 is 0 Å². The summed E-state index contributed by atoms with van der Waals surface area (Å²) in [7, 11) is 0. The third-order valence-electron chi connectivity index (χ3n) is 9.01. The van der Waals surface area contributed by atoms with Gasteiger partial charge in [0.2, 0.25) is 0 Å². The molecule has 2 saturated heterocycles. The molecular weight excluding hydrogens is 512 g/mol. The minimum Gasteiger partial charge on any atom is -0.362 e. The average Bonchev–Trinajstić information content (AvgIpc) is 3.65. The molecule has 0 atom stereocenters. The number of hydrogen-bond donors (Lipinski definition) is 4. The monoisotopic (exact) mass is 552 g/mol. The number of hydrogen-bond acceptors (Lipinski definition) is 2. The van der Waals surface area contributed by atoms with Crippen molar-refractivity contribution in [3.63, 3.8) is 0 Å². The minimum absolute atomic E-state index is 0.0179. The molecule has 2 aromatic heterocycles. The fourth-order valence-corrected chi connectivity index (χ4v) is 6.53. The predicted octanol–water partition coefficient (Wildman–Crippen LogP) is 9.41. The third-order valence-corrected chi connectivity index (χ3v) is 9.01. The Kier molecular flexibility index (Phi) is 6.02. The molecule has 0 unspecified atom stereocenters. The highest BCUT2D eigenvalue weighted by Gasteiger charge is 2.34. The fraction of sp³-hybridized carbons (Fsp3) is 0.263. The third kappa shape index (κ3) is 4.85. The van der Waals surface area contributed by atoms with Gasteiger partial charge in [0.1, 0.15) is 0 Å². The average molecular weight is 553 g/mol. The number of H-pyrrole nitrogens is 2. The lowest BCUT2D eigenvalue weighted by molar-refractivity contribution is 0.481. The molecule has 5 heterocycles. The number of nitrogens with one attached hydrogen (secondary N) is 4. The number of aromatic nitrogens is 2. The number of aryl methyl sites for hydroxylation is 2. The van der Waals surface area contributed by atoms with Crippen LogP contribution in [0.3, 0.4) is 0 Å². The van der Waals surface area contributed by atoms with E-state index in [0.717, 1.165) is 35.6 Å². The van der Waals surface area contributed by atoms with E-state index in [0.29, 0.717) is 0 Å². The Balaban J connectivity index is 1.42. The van der Waals surface area contributed by atoms with Crippen LogP contribution >= 0.6 is 0 Å². The first-order chi connectivity index (χ1) is 20.0. The van der Waals surface area contributed by atoms with Crippen molar-refractivity contribution in [2.24, 2.45) is 10.8 Å². The molecule has 2 aromatic carbocycles. The van der Waals surface area contributed by atoms with Gasteiger partial charge in [-0.1, -0.05) is 87.4 Å². The molecule has 0 saturated carbocycles. The van der Waals surface area contributed by atoms with Crippen LogP contribution in [0, 0.1) is 24.7 Å². The first kappa shape index (κ1) is 26.5. The van der Waals surface area contributed by atoms with Crippen LogP contribution in [0.4, 0.5) is 0 Å². The maximum atomic E-state index is 3.80. The van der Waals surface area contributed by atoms with Crippen molar-refractivity contribution in [1.82, 2.24) is 20.6 Å². The van der Waals surface area contributed by atoms with Crippen molar-refractivity contribution < 1.29 is 0 Å². The summed E-state index contributed by atoms with van der Waals surface area (Å²) in [5.74, 6) is 0. The largest absolute Gasteiger partial charge is 0.362 e. The molecule has 2 fully saturated rings. The molecule has 4 N–H and O–H groups in total. The Morgan fingerprint density at radius 3 is 1.29 bits per heavy atom. The van der Waals surface area contributed by atoms with E-state index >= 15 is 0 Å². The second-order valence-corrected chi connectivity index (χ2v) is 13.7. The van der Waals surface area contributed by atoms with E-state index in [9.17, 15) is 0 Å². The Morgan fingerprint density at radius 2 is 0.905 bits per heavy atom. The first-order valence-corrected chi connectivity index (χ1v) is 15.0. The van der Waals surface area contributed by atoms with Crippen LogP contribution in [-0.2, 0) is 0 Å². The van der Waals surface area contributed by atoms with Crippen LogP contribution < -0.4 is 10.6 Å². The molecule has 4 heteroatoms. The van der Waals surface area contributed by atoms with E-state index in [-0.39, 0.29) is 10.8 Å². The molecular formula is C38H40N4. The van der Waals surface area contributed by atoms with E-state index in [4.69, 9.17) is 0 Å². The summed E-state index contributed by atoms with van der Waals surface area (Å²) >= 11 is 0. The van der Waals surface area contributed by atoms with Crippen molar-refractivity contribution in [3.8, 4) is 22.3 Å². The molecule has 0 amide bonds. The Labute approximate surface area is 249 Å². The number of rotatable bonds is 2. The van der Waals surface area contributed by atoms with Crippen molar-refractivity contribution in [2.75, 3.05) is 0 Å². The smallest absolute Gasteiger partial charge is 0.0482 e. The summed E-state index contributed by atoms with van der Waals surface area (Å²) in [5.41, 5.74) is 16.8. The molecule has 0 spiro atoms. The quantitative estimate of drug-likeness (QED) is 0.200. The lowest BCUT2D eigenvalue weighted by Crippen LogP contribution is -2.13. The Morgan fingerprint density at radius 1 is 0.524 bits per heavy atom. The molecule has 4 nitrogen and oxygen atoms in total. The standard InChI is InChI=1S/C38H40N4/c1-23-7-11-25(12-8-23)31-17-27-15-29-21-38(5,6)36(42-29)20-34-32(26-13-9-24(2)10-14-26)18-28(40-34)16-30-22-37(3,4)35(41-30)19-33(31)39-27/h7-20,39-42H,21-22H2,1-6H3. The van der Waals surface area contributed by atoms with Gasteiger partial charge in [0, 0.05) is 67.5 Å². The Bertz CT molecular complexity index is 1680. The molecule has 212 valence electrons. The van der Waals surface area contributed by atoms with Crippen LogP contribution in [0.1, 0.15) is 74.4 Å². The van der Waals surface area contributed by atoms with Gasteiger partial charge in [-0.3, -0.25) is 0 Å². The maximum absolute atomic E-state index is 3.80. The number of fused-ring (bicyclic) bond motifs is 8. The predicted molar refractivity (Wildman–Crippen MR) is 177 cm³/mol. The fourth-order valence-electron chi connectivity index (χ4n) is 6.53. The van der Waals surface area contributed by atoms with E-state index < -0.39 is 0 Å². The zero-order valence-corrected chi connectivity index (χ0v) is 25.5. The maximum Gasteiger partial charge on any atom is 0.0482 e. The normalized spacial score (nSPS) is 18.4. The summed E-state index contributed by atoms with van der Waals surface area (Å²) in [5, 5.41) is 7.59. The molecule has 7 rings (SSSR count). The SMILES string of the molecule is Cc1ccc(-c2cc3[nH]c2C=C2NC(=Cc4cc(-c5ccc(C)cc5)c([nH]4)C=C4NC(=C3)CC4(C)C)CC2(C)C)cc1. The van der Waals surface area contributed by atoms with E-state index in [1.54, 1.807) is 0 Å². The zero-order valence-electron chi connectivity index (χ0n) is 25.5. The number of allylic oxidation sites excluding steroid dienone is 4. The van der Waals surface area contributed by atoms with Crippen molar-refractivity contribution >= 4 is 24.3 Å². The van der Waals surface area contributed by atoms with Crippen molar-refractivity contribution in [3.05, 3.63) is 117 Å². The molecule has 3 aliphatic rings. The van der Waals surface area contributed by atoms with E-state index in [1.807, 2.05) is 0 Å². The summed E-state index contributed by atoms with van der Waals surface area (Å²) in [6, 6.07) is 22.3. The first-order valence-electron chi connectivity index (χ1n) is 15.0. The molecule has 3 aliphatic heterocycles.